The first kappa shape index (κ1) is 21.1. The average molecular weight is 386 g/mol. The van der Waals surface area contributed by atoms with Crippen molar-refractivity contribution in [1.29, 1.82) is 0 Å². The minimum absolute atomic E-state index is 0.296. The van der Waals surface area contributed by atoms with Crippen LogP contribution in [0.15, 0.2) is 42.5 Å². The van der Waals surface area contributed by atoms with E-state index in [0.29, 0.717) is 24.5 Å². The average Bonchev–Trinajstić information content (AvgIpc) is 2.73. The molecule has 2 aromatic rings. The molecule has 0 radical (unpaired) electrons. The van der Waals surface area contributed by atoms with E-state index in [1.807, 2.05) is 31.2 Å². The second-order valence-electron chi connectivity index (χ2n) is 6.16. The predicted octanol–water partition coefficient (Wildman–Crippen LogP) is 2.25. The zero-order valence-electron chi connectivity index (χ0n) is 16.6. The number of amides is 2. The van der Waals surface area contributed by atoms with Crippen molar-refractivity contribution >= 4 is 11.8 Å². The van der Waals surface area contributed by atoms with Crippen molar-refractivity contribution in [2.45, 2.75) is 19.4 Å². The SMILES string of the molecule is COc1ccc([C@H](C)NC(=O)C(=O)NCCc2ccc(OC)c(OC)c2)cc1. The lowest BCUT2D eigenvalue weighted by Gasteiger charge is -2.14. The third-order valence-electron chi connectivity index (χ3n) is 4.32. The van der Waals surface area contributed by atoms with E-state index in [4.69, 9.17) is 14.2 Å². The van der Waals surface area contributed by atoms with Gasteiger partial charge in [-0.1, -0.05) is 18.2 Å². The third-order valence-corrected chi connectivity index (χ3v) is 4.32. The van der Waals surface area contributed by atoms with Gasteiger partial charge in [0.2, 0.25) is 0 Å². The van der Waals surface area contributed by atoms with Gasteiger partial charge in [-0.05, 0) is 48.7 Å². The zero-order valence-corrected chi connectivity index (χ0v) is 16.6. The molecule has 0 bridgehead atoms. The summed E-state index contributed by atoms with van der Waals surface area (Å²) in [6, 6.07) is 12.5. The highest BCUT2D eigenvalue weighted by Gasteiger charge is 2.16. The highest BCUT2D eigenvalue weighted by atomic mass is 16.5. The maximum absolute atomic E-state index is 12.1. The van der Waals surface area contributed by atoms with Gasteiger partial charge in [-0.15, -0.1) is 0 Å². The van der Waals surface area contributed by atoms with Crippen LogP contribution in [-0.4, -0.2) is 39.7 Å². The molecule has 0 aliphatic rings. The number of carbonyl (C=O) groups is 2. The molecule has 0 aromatic heterocycles. The van der Waals surface area contributed by atoms with E-state index in [-0.39, 0.29) is 6.04 Å². The third kappa shape index (κ3) is 5.64. The summed E-state index contributed by atoms with van der Waals surface area (Å²) in [7, 11) is 4.73. The van der Waals surface area contributed by atoms with Crippen LogP contribution < -0.4 is 24.8 Å². The topological polar surface area (TPSA) is 85.9 Å². The summed E-state index contributed by atoms with van der Waals surface area (Å²) in [4.78, 5) is 24.1. The minimum Gasteiger partial charge on any atom is -0.497 e. The summed E-state index contributed by atoms with van der Waals surface area (Å²) in [5.74, 6) is 0.659. The molecule has 0 spiro atoms. The van der Waals surface area contributed by atoms with Crippen LogP contribution in [0.2, 0.25) is 0 Å². The predicted molar refractivity (Wildman–Crippen MR) is 106 cm³/mol. The normalized spacial score (nSPS) is 11.3. The van der Waals surface area contributed by atoms with Gasteiger partial charge in [0.05, 0.1) is 27.4 Å². The van der Waals surface area contributed by atoms with Crippen molar-refractivity contribution < 1.29 is 23.8 Å². The summed E-state index contributed by atoms with van der Waals surface area (Å²) in [5, 5.41) is 5.32. The number of methoxy groups -OCH3 is 3. The van der Waals surface area contributed by atoms with Crippen LogP contribution in [0.25, 0.3) is 0 Å². The van der Waals surface area contributed by atoms with E-state index in [1.165, 1.54) is 0 Å². The lowest BCUT2D eigenvalue weighted by atomic mass is 10.1. The Morgan fingerprint density at radius 2 is 1.57 bits per heavy atom. The van der Waals surface area contributed by atoms with Crippen LogP contribution in [0.4, 0.5) is 0 Å². The van der Waals surface area contributed by atoms with Crippen molar-refractivity contribution in [3.63, 3.8) is 0 Å². The lowest BCUT2D eigenvalue weighted by molar-refractivity contribution is -0.139. The highest BCUT2D eigenvalue weighted by molar-refractivity contribution is 6.35. The minimum atomic E-state index is -0.671. The van der Waals surface area contributed by atoms with Crippen LogP contribution in [0.1, 0.15) is 24.1 Å². The first-order chi connectivity index (χ1) is 13.5. The van der Waals surface area contributed by atoms with Gasteiger partial charge in [-0.3, -0.25) is 9.59 Å². The maximum atomic E-state index is 12.1. The smallest absolute Gasteiger partial charge is 0.309 e. The molecule has 2 amide bonds. The fourth-order valence-corrected chi connectivity index (χ4v) is 2.67. The quantitative estimate of drug-likeness (QED) is 0.680. The fraction of sp³-hybridized carbons (Fsp3) is 0.333. The lowest BCUT2D eigenvalue weighted by Crippen LogP contribution is -2.41. The van der Waals surface area contributed by atoms with Crippen molar-refractivity contribution in [2.75, 3.05) is 27.9 Å². The van der Waals surface area contributed by atoms with Gasteiger partial charge in [0.15, 0.2) is 11.5 Å². The molecule has 150 valence electrons. The Morgan fingerprint density at radius 1 is 0.893 bits per heavy atom. The summed E-state index contributed by atoms with van der Waals surface area (Å²) in [6.45, 7) is 2.15. The number of hydrogen-bond donors (Lipinski definition) is 2. The molecule has 2 aromatic carbocycles. The Morgan fingerprint density at radius 3 is 2.18 bits per heavy atom. The molecule has 2 N–H and O–H groups in total. The van der Waals surface area contributed by atoms with Gasteiger partial charge < -0.3 is 24.8 Å². The van der Waals surface area contributed by atoms with E-state index in [1.54, 1.807) is 39.5 Å². The summed E-state index contributed by atoms with van der Waals surface area (Å²) < 4.78 is 15.6. The Labute approximate surface area is 165 Å². The van der Waals surface area contributed by atoms with E-state index in [9.17, 15) is 9.59 Å². The summed E-state index contributed by atoms with van der Waals surface area (Å²) in [6.07, 6.45) is 0.563. The van der Waals surface area contributed by atoms with Crippen molar-refractivity contribution in [2.24, 2.45) is 0 Å². The van der Waals surface area contributed by atoms with Crippen LogP contribution in [-0.2, 0) is 16.0 Å². The largest absolute Gasteiger partial charge is 0.497 e. The van der Waals surface area contributed by atoms with Gasteiger partial charge in [0, 0.05) is 6.54 Å². The highest BCUT2D eigenvalue weighted by Crippen LogP contribution is 2.27. The van der Waals surface area contributed by atoms with Crippen molar-refractivity contribution in [3.8, 4) is 17.2 Å². The Hall–Kier alpha value is -3.22. The Bertz CT molecular complexity index is 805. The Balaban J connectivity index is 1.82. The first-order valence-corrected chi connectivity index (χ1v) is 8.92. The molecule has 7 nitrogen and oxygen atoms in total. The number of benzene rings is 2. The fourth-order valence-electron chi connectivity index (χ4n) is 2.67. The monoisotopic (exact) mass is 386 g/mol. The molecule has 0 unspecified atom stereocenters. The molecule has 0 fully saturated rings. The van der Waals surface area contributed by atoms with Crippen molar-refractivity contribution in [1.82, 2.24) is 10.6 Å². The molecule has 0 saturated heterocycles. The number of hydrogen-bond acceptors (Lipinski definition) is 5. The van der Waals surface area contributed by atoms with Gasteiger partial charge >= 0.3 is 11.8 Å². The first-order valence-electron chi connectivity index (χ1n) is 8.92. The van der Waals surface area contributed by atoms with Crippen LogP contribution in [0.5, 0.6) is 17.2 Å². The molecule has 0 saturated carbocycles. The van der Waals surface area contributed by atoms with Gasteiger partial charge in [-0.2, -0.15) is 0 Å². The zero-order chi connectivity index (χ0) is 20.5. The molecule has 2 rings (SSSR count). The number of ether oxygens (including phenoxy) is 3. The number of carbonyl (C=O) groups excluding carboxylic acids is 2. The molecule has 7 heteroatoms. The Kier molecular flexibility index (Phi) is 7.68. The van der Waals surface area contributed by atoms with Gasteiger partial charge in [-0.25, -0.2) is 0 Å². The molecule has 0 aliphatic carbocycles. The van der Waals surface area contributed by atoms with Crippen LogP contribution in [0, 0.1) is 0 Å². The number of rotatable bonds is 8. The van der Waals surface area contributed by atoms with Crippen LogP contribution in [0.3, 0.4) is 0 Å². The molecular formula is C21H26N2O5. The number of nitrogens with one attached hydrogen (secondary N) is 2. The molecule has 28 heavy (non-hydrogen) atoms. The maximum Gasteiger partial charge on any atom is 0.309 e. The van der Waals surface area contributed by atoms with Crippen molar-refractivity contribution in [3.05, 3.63) is 53.6 Å². The molecule has 0 aliphatic heterocycles. The van der Waals surface area contributed by atoms with Crippen LogP contribution >= 0.6 is 0 Å². The standard InChI is InChI=1S/C21H26N2O5/c1-14(16-6-8-17(26-2)9-7-16)23-21(25)20(24)22-12-11-15-5-10-18(27-3)19(13-15)28-4/h5-10,13-14H,11-12H2,1-4H3,(H,22,24)(H,23,25)/t14-/m0/s1. The van der Waals surface area contributed by atoms with E-state index in [0.717, 1.165) is 16.9 Å². The second kappa shape index (κ2) is 10.2. The second-order valence-corrected chi connectivity index (χ2v) is 6.16. The van der Waals surface area contributed by atoms with E-state index in [2.05, 4.69) is 10.6 Å². The summed E-state index contributed by atoms with van der Waals surface area (Å²) in [5.41, 5.74) is 1.84. The van der Waals surface area contributed by atoms with E-state index < -0.39 is 11.8 Å². The summed E-state index contributed by atoms with van der Waals surface area (Å²) >= 11 is 0. The molecule has 0 heterocycles. The van der Waals surface area contributed by atoms with Gasteiger partial charge in [0.25, 0.3) is 0 Å². The van der Waals surface area contributed by atoms with Gasteiger partial charge in [0.1, 0.15) is 5.75 Å². The molecule has 1 atom stereocenters. The molecular weight excluding hydrogens is 360 g/mol. The van der Waals surface area contributed by atoms with E-state index >= 15 is 0 Å².